The summed E-state index contributed by atoms with van der Waals surface area (Å²) in [5.41, 5.74) is 0. The Morgan fingerprint density at radius 1 is 1.33 bits per heavy atom. The Bertz CT molecular complexity index is 67.2. The standard InChI is InChI=1S/C5H9Br3O/c6-2-1-4(9)3-5(7)8/h4-5,9H,1-3H2. The maximum Gasteiger partial charge on any atom is 0.0722 e. The molecule has 0 bridgehead atoms. The van der Waals surface area contributed by atoms with E-state index in [4.69, 9.17) is 5.11 Å². The molecule has 0 heterocycles. The average molecular weight is 325 g/mol. The smallest absolute Gasteiger partial charge is 0.0722 e. The molecule has 0 saturated heterocycles. The molecule has 1 unspecified atom stereocenters. The summed E-state index contributed by atoms with van der Waals surface area (Å²) in [5, 5.41) is 9.99. The summed E-state index contributed by atoms with van der Waals surface area (Å²) >= 11 is 9.82. The zero-order valence-corrected chi connectivity index (χ0v) is 9.62. The quantitative estimate of drug-likeness (QED) is 0.788. The molecule has 1 N–H and O–H groups in total. The molecule has 0 aliphatic rings. The Balaban J connectivity index is 3.15. The highest BCUT2D eigenvalue weighted by Crippen LogP contribution is 2.16. The normalized spacial score (nSPS) is 14.3. The van der Waals surface area contributed by atoms with Crippen molar-refractivity contribution >= 4 is 47.8 Å². The number of rotatable bonds is 4. The second kappa shape index (κ2) is 6.13. The van der Waals surface area contributed by atoms with Gasteiger partial charge in [-0.15, -0.1) is 0 Å². The van der Waals surface area contributed by atoms with Gasteiger partial charge in [-0.1, -0.05) is 47.8 Å². The molecule has 0 aliphatic carbocycles. The van der Waals surface area contributed by atoms with Crippen LogP contribution in [0.15, 0.2) is 0 Å². The highest BCUT2D eigenvalue weighted by atomic mass is 79.9. The molecular formula is C5H9Br3O. The average Bonchev–Trinajstić information content (AvgIpc) is 1.63. The minimum absolute atomic E-state index is 0.201. The molecule has 56 valence electrons. The predicted octanol–water partition coefficient (Wildman–Crippen LogP) is 2.64. The Morgan fingerprint density at radius 3 is 2.22 bits per heavy atom. The lowest BCUT2D eigenvalue weighted by molar-refractivity contribution is 0.168. The largest absolute Gasteiger partial charge is 0.393 e. The van der Waals surface area contributed by atoms with Crippen molar-refractivity contribution in [2.24, 2.45) is 0 Å². The van der Waals surface area contributed by atoms with E-state index in [1.165, 1.54) is 0 Å². The maximum absolute atomic E-state index is 9.13. The summed E-state index contributed by atoms with van der Waals surface area (Å²) in [6.45, 7) is 0. The third-order valence-electron chi connectivity index (χ3n) is 0.893. The van der Waals surface area contributed by atoms with E-state index < -0.39 is 0 Å². The fraction of sp³-hybridized carbons (Fsp3) is 1.00. The van der Waals surface area contributed by atoms with Crippen LogP contribution in [-0.2, 0) is 0 Å². The lowest BCUT2D eigenvalue weighted by atomic mass is 10.2. The van der Waals surface area contributed by atoms with Crippen LogP contribution in [0.25, 0.3) is 0 Å². The Kier molecular flexibility index (Phi) is 7.09. The van der Waals surface area contributed by atoms with Gasteiger partial charge in [0.2, 0.25) is 0 Å². The van der Waals surface area contributed by atoms with E-state index in [9.17, 15) is 0 Å². The van der Waals surface area contributed by atoms with Crippen molar-refractivity contribution in [1.82, 2.24) is 0 Å². The molecule has 0 amide bonds. The first kappa shape index (κ1) is 10.4. The van der Waals surface area contributed by atoms with Gasteiger partial charge in [-0.3, -0.25) is 0 Å². The molecule has 0 fully saturated rings. The zero-order valence-electron chi connectivity index (χ0n) is 4.86. The molecule has 0 aromatic carbocycles. The first-order valence-corrected chi connectivity index (χ1v) is 5.64. The third kappa shape index (κ3) is 7.30. The minimum atomic E-state index is -0.201. The van der Waals surface area contributed by atoms with E-state index in [2.05, 4.69) is 47.8 Å². The molecule has 0 saturated carbocycles. The molecule has 0 spiro atoms. The monoisotopic (exact) mass is 322 g/mol. The number of hydrogen-bond acceptors (Lipinski definition) is 1. The Hall–Kier alpha value is 1.40. The van der Waals surface area contributed by atoms with Crippen molar-refractivity contribution in [3.8, 4) is 0 Å². The van der Waals surface area contributed by atoms with Crippen LogP contribution in [0.5, 0.6) is 0 Å². The van der Waals surface area contributed by atoms with Gasteiger partial charge in [-0.25, -0.2) is 0 Å². The second-order valence-corrected chi connectivity index (χ2v) is 5.99. The molecule has 0 aromatic rings. The van der Waals surface area contributed by atoms with Crippen LogP contribution in [0.3, 0.4) is 0 Å². The van der Waals surface area contributed by atoms with Crippen molar-refractivity contribution in [3.63, 3.8) is 0 Å². The van der Waals surface area contributed by atoms with Gasteiger partial charge in [0.05, 0.1) is 9.84 Å². The Labute approximate surface area is 80.6 Å². The van der Waals surface area contributed by atoms with E-state index in [0.717, 1.165) is 18.2 Å². The molecule has 1 atom stereocenters. The first-order chi connectivity index (χ1) is 4.16. The van der Waals surface area contributed by atoms with Gasteiger partial charge in [0.25, 0.3) is 0 Å². The molecule has 0 aromatic heterocycles. The van der Waals surface area contributed by atoms with Crippen molar-refractivity contribution in [3.05, 3.63) is 0 Å². The summed E-state index contributed by atoms with van der Waals surface area (Å²) in [4.78, 5) is 0. The van der Waals surface area contributed by atoms with E-state index in [0.29, 0.717) is 0 Å². The van der Waals surface area contributed by atoms with Gasteiger partial charge in [-0.2, -0.15) is 0 Å². The van der Waals surface area contributed by atoms with Gasteiger partial charge in [0, 0.05) is 5.33 Å². The van der Waals surface area contributed by atoms with Crippen LogP contribution in [0.2, 0.25) is 0 Å². The first-order valence-electron chi connectivity index (χ1n) is 2.69. The maximum atomic E-state index is 9.13. The fourth-order valence-corrected chi connectivity index (χ4v) is 1.84. The summed E-state index contributed by atoms with van der Waals surface area (Å²) in [6.07, 6.45) is 1.37. The number of aliphatic hydroxyl groups excluding tert-OH is 1. The van der Waals surface area contributed by atoms with Gasteiger partial charge < -0.3 is 5.11 Å². The highest BCUT2D eigenvalue weighted by Gasteiger charge is 2.06. The summed E-state index contributed by atoms with van der Waals surface area (Å²) in [5.74, 6) is 0. The van der Waals surface area contributed by atoms with Crippen molar-refractivity contribution < 1.29 is 5.11 Å². The fourth-order valence-electron chi connectivity index (χ4n) is 0.449. The number of alkyl halides is 3. The topological polar surface area (TPSA) is 20.2 Å². The summed E-state index contributed by atoms with van der Waals surface area (Å²) in [7, 11) is 0. The zero-order chi connectivity index (χ0) is 7.28. The van der Waals surface area contributed by atoms with Gasteiger partial charge in [-0.05, 0) is 12.8 Å². The van der Waals surface area contributed by atoms with E-state index in [1.54, 1.807) is 0 Å². The van der Waals surface area contributed by atoms with E-state index in [-0.39, 0.29) is 9.84 Å². The SMILES string of the molecule is OC(CCBr)CC(Br)Br. The van der Waals surface area contributed by atoms with Crippen LogP contribution < -0.4 is 0 Å². The molecule has 0 aliphatic heterocycles. The molecular weight excluding hydrogens is 316 g/mol. The van der Waals surface area contributed by atoms with Gasteiger partial charge >= 0.3 is 0 Å². The van der Waals surface area contributed by atoms with E-state index >= 15 is 0 Å². The number of hydrogen-bond donors (Lipinski definition) is 1. The van der Waals surface area contributed by atoms with Crippen LogP contribution in [0.4, 0.5) is 0 Å². The number of halogens is 3. The van der Waals surface area contributed by atoms with Crippen LogP contribution in [0.1, 0.15) is 12.8 Å². The van der Waals surface area contributed by atoms with Crippen molar-refractivity contribution in [2.75, 3.05) is 5.33 Å². The minimum Gasteiger partial charge on any atom is -0.393 e. The van der Waals surface area contributed by atoms with Gasteiger partial charge in [0.15, 0.2) is 0 Å². The molecule has 9 heavy (non-hydrogen) atoms. The van der Waals surface area contributed by atoms with Crippen molar-refractivity contribution in [2.45, 2.75) is 22.7 Å². The van der Waals surface area contributed by atoms with E-state index in [1.807, 2.05) is 0 Å². The number of aliphatic hydroxyl groups is 1. The highest BCUT2D eigenvalue weighted by molar-refractivity contribution is 9.24. The second-order valence-electron chi connectivity index (χ2n) is 1.76. The lowest BCUT2D eigenvalue weighted by Gasteiger charge is -2.07. The third-order valence-corrected chi connectivity index (χ3v) is 2.10. The van der Waals surface area contributed by atoms with Gasteiger partial charge in [0.1, 0.15) is 0 Å². The molecule has 0 rings (SSSR count). The predicted molar refractivity (Wildman–Crippen MR) is 50.7 cm³/mol. The molecule has 4 heteroatoms. The Morgan fingerprint density at radius 2 is 1.89 bits per heavy atom. The van der Waals surface area contributed by atoms with Crippen LogP contribution >= 0.6 is 47.8 Å². The van der Waals surface area contributed by atoms with Crippen molar-refractivity contribution in [1.29, 1.82) is 0 Å². The molecule has 1 nitrogen and oxygen atoms in total. The lowest BCUT2D eigenvalue weighted by Crippen LogP contribution is -2.09. The van der Waals surface area contributed by atoms with Crippen LogP contribution in [0, 0.1) is 0 Å². The van der Waals surface area contributed by atoms with Crippen LogP contribution in [-0.4, -0.2) is 20.3 Å². The summed E-state index contributed by atoms with van der Waals surface area (Å²) < 4.78 is 0.235. The summed E-state index contributed by atoms with van der Waals surface area (Å²) in [6, 6.07) is 0. The molecule has 0 radical (unpaired) electrons.